The number of ether oxygens (including phenoxy) is 1. The summed E-state index contributed by atoms with van der Waals surface area (Å²) in [6, 6.07) is 0. The minimum Gasteiger partial charge on any atom is -0.462 e. The second-order valence-corrected chi connectivity index (χ2v) is 4.81. The Kier molecular flexibility index (Phi) is 5.09. The van der Waals surface area contributed by atoms with E-state index in [9.17, 15) is 4.79 Å². The average Bonchev–Trinajstić information content (AvgIpc) is 2.19. The smallest absolute Gasteiger partial charge is 0.293 e. The largest absolute Gasteiger partial charge is 0.462 e. The highest BCUT2D eigenvalue weighted by Crippen LogP contribution is 2.29. The van der Waals surface area contributed by atoms with E-state index in [1.54, 1.807) is 0 Å². The van der Waals surface area contributed by atoms with Gasteiger partial charge in [0.05, 0.1) is 0 Å². The van der Waals surface area contributed by atoms with E-state index >= 15 is 0 Å². The van der Waals surface area contributed by atoms with E-state index in [0.717, 1.165) is 32.4 Å². The second-order valence-electron chi connectivity index (χ2n) is 4.81. The fraction of sp³-hybridized carbons (Fsp3) is 0.917. The summed E-state index contributed by atoms with van der Waals surface area (Å²) < 4.78 is 5.27. The first-order valence-corrected chi connectivity index (χ1v) is 6.02. The van der Waals surface area contributed by atoms with Gasteiger partial charge in [0, 0.05) is 0 Å². The lowest BCUT2D eigenvalue weighted by atomic mass is 9.83. The van der Waals surface area contributed by atoms with Crippen LogP contribution in [0.4, 0.5) is 0 Å². The van der Waals surface area contributed by atoms with Crippen molar-refractivity contribution in [2.24, 2.45) is 5.92 Å². The van der Waals surface area contributed by atoms with E-state index in [4.69, 9.17) is 4.74 Å². The van der Waals surface area contributed by atoms with Gasteiger partial charge in [0.2, 0.25) is 0 Å². The van der Waals surface area contributed by atoms with Gasteiger partial charge in [-0.25, -0.2) is 0 Å². The Morgan fingerprint density at radius 1 is 1.47 bits per heavy atom. The molecule has 0 aromatic rings. The summed E-state index contributed by atoms with van der Waals surface area (Å²) in [4.78, 5) is 10.5. The summed E-state index contributed by atoms with van der Waals surface area (Å²) in [6.07, 6.45) is 5.47. The Hall–Kier alpha value is -0.570. The molecule has 1 N–H and O–H groups in total. The van der Waals surface area contributed by atoms with Crippen molar-refractivity contribution in [3.63, 3.8) is 0 Å². The highest BCUT2D eigenvalue weighted by Gasteiger charge is 2.29. The third kappa shape index (κ3) is 4.20. The van der Waals surface area contributed by atoms with Gasteiger partial charge in [-0.2, -0.15) is 0 Å². The highest BCUT2D eigenvalue weighted by atomic mass is 16.5. The monoisotopic (exact) mass is 213 g/mol. The molecule has 0 spiro atoms. The summed E-state index contributed by atoms with van der Waals surface area (Å²) in [5.74, 6) is 0.711. The fourth-order valence-corrected chi connectivity index (χ4v) is 2.55. The van der Waals surface area contributed by atoms with E-state index in [-0.39, 0.29) is 5.60 Å². The lowest BCUT2D eigenvalue weighted by Gasteiger charge is -2.33. The van der Waals surface area contributed by atoms with E-state index in [1.807, 2.05) is 0 Å². The number of nitrogens with one attached hydrogen (secondary N) is 1. The van der Waals surface area contributed by atoms with Gasteiger partial charge in [0.1, 0.15) is 5.60 Å². The maximum absolute atomic E-state index is 10.5. The van der Waals surface area contributed by atoms with Gasteiger partial charge in [-0.3, -0.25) is 4.79 Å². The molecule has 88 valence electrons. The third-order valence-electron chi connectivity index (χ3n) is 3.29. The molecule has 1 atom stereocenters. The first-order chi connectivity index (χ1) is 7.20. The summed E-state index contributed by atoms with van der Waals surface area (Å²) in [5.41, 5.74) is -0.238. The van der Waals surface area contributed by atoms with Crippen molar-refractivity contribution in [2.45, 2.75) is 51.6 Å². The Labute approximate surface area is 92.6 Å². The lowest BCUT2D eigenvalue weighted by molar-refractivity contribution is -0.144. The zero-order valence-corrected chi connectivity index (χ0v) is 9.92. The summed E-state index contributed by atoms with van der Waals surface area (Å²) >= 11 is 0. The minimum atomic E-state index is -0.238. The molecule has 1 aliphatic heterocycles. The van der Waals surface area contributed by atoms with Crippen molar-refractivity contribution in [3.8, 4) is 0 Å². The van der Waals surface area contributed by atoms with E-state index < -0.39 is 0 Å². The Morgan fingerprint density at radius 3 is 2.67 bits per heavy atom. The van der Waals surface area contributed by atoms with Crippen LogP contribution in [0.15, 0.2) is 0 Å². The second kappa shape index (κ2) is 6.11. The van der Waals surface area contributed by atoms with E-state index in [2.05, 4.69) is 19.2 Å². The molecule has 0 aromatic heterocycles. The minimum absolute atomic E-state index is 0.238. The van der Waals surface area contributed by atoms with Crippen LogP contribution in [-0.4, -0.2) is 25.2 Å². The van der Waals surface area contributed by atoms with Gasteiger partial charge in [0.25, 0.3) is 6.47 Å². The SMILES string of the molecule is CCCC(C)(CC1CCNCC1)OC=O. The normalized spacial score (nSPS) is 22.0. The molecule has 1 unspecified atom stereocenters. The lowest BCUT2D eigenvalue weighted by Crippen LogP contribution is -2.35. The number of carbonyl (C=O) groups excluding carboxylic acids is 1. The van der Waals surface area contributed by atoms with E-state index in [0.29, 0.717) is 12.4 Å². The number of piperidine rings is 1. The molecule has 3 nitrogen and oxygen atoms in total. The molecule has 0 bridgehead atoms. The Morgan fingerprint density at radius 2 is 2.13 bits per heavy atom. The average molecular weight is 213 g/mol. The molecule has 15 heavy (non-hydrogen) atoms. The van der Waals surface area contributed by atoms with Gasteiger partial charge >= 0.3 is 0 Å². The van der Waals surface area contributed by atoms with Crippen LogP contribution in [-0.2, 0) is 9.53 Å². The molecule has 0 aliphatic carbocycles. The molecule has 3 heteroatoms. The van der Waals surface area contributed by atoms with Gasteiger partial charge < -0.3 is 10.1 Å². The van der Waals surface area contributed by atoms with Crippen LogP contribution < -0.4 is 5.32 Å². The molecular formula is C12H23NO2. The van der Waals surface area contributed by atoms with Gasteiger partial charge in [-0.05, 0) is 51.6 Å². The van der Waals surface area contributed by atoms with Crippen molar-refractivity contribution in [2.75, 3.05) is 13.1 Å². The molecule has 0 saturated carbocycles. The van der Waals surface area contributed by atoms with Crippen LogP contribution >= 0.6 is 0 Å². The van der Waals surface area contributed by atoms with Crippen molar-refractivity contribution >= 4 is 6.47 Å². The van der Waals surface area contributed by atoms with Crippen molar-refractivity contribution in [1.82, 2.24) is 5.32 Å². The summed E-state index contributed by atoms with van der Waals surface area (Å²) in [7, 11) is 0. The number of hydrogen-bond acceptors (Lipinski definition) is 3. The topological polar surface area (TPSA) is 38.3 Å². The molecule has 1 fully saturated rings. The standard InChI is InChI=1S/C12H23NO2/c1-3-6-12(2,15-10-14)9-11-4-7-13-8-5-11/h10-11,13H,3-9H2,1-2H3. The van der Waals surface area contributed by atoms with Gasteiger partial charge in [-0.1, -0.05) is 13.3 Å². The predicted molar refractivity (Wildman–Crippen MR) is 60.7 cm³/mol. The molecule has 1 aliphatic rings. The highest BCUT2D eigenvalue weighted by molar-refractivity contribution is 5.38. The van der Waals surface area contributed by atoms with Crippen molar-refractivity contribution < 1.29 is 9.53 Å². The fourth-order valence-electron chi connectivity index (χ4n) is 2.55. The van der Waals surface area contributed by atoms with Crippen LogP contribution in [0.1, 0.15) is 46.0 Å². The van der Waals surface area contributed by atoms with Crippen LogP contribution in [0.25, 0.3) is 0 Å². The number of carbonyl (C=O) groups is 1. The number of rotatable bonds is 6. The molecular weight excluding hydrogens is 190 g/mol. The van der Waals surface area contributed by atoms with Crippen LogP contribution in [0.2, 0.25) is 0 Å². The molecule has 0 aromatic carbocycles. The Balaban J connectivity index is 2.44. The Bertz CT molecular complexity index is 190. The first kappa shape index (κ1) is 12.5. The maximum atomic E-state index is 10.5. The molecule has 1 heterocycles. The molecule has 1 saturated heterocycles. The van der Waals surface area contributed by atoms with Crippen LogP contribution in [0.5, 0.6) is 0 Å². The van der Waals surface area contributed by atoms with Gasteiger partial charge in [-0.15, -0.1) is 0 Å². The molecule has 0 radical (unpaired) electrons. The zero-order valence-electron chi connectivity index (χ0n) is 9.92. The predicted octanol–water partition coefficient (Wildman–Crippen LogP) is 2.11. The first-order valence-electron chi connectivity index (χ1n) is 6.02. The summed E-state index contributed by atoms with van der Waals surface area (Å²) in [6.45, 7) is 7.01. The van der Waals surface area contributed by atoms with Gasteiger partial charge in [0.15, 0.2) is 0 Å². The van der Waals surface area contributed by atoms with Crippen LogP contribution in [0, 0.1) is 5.92 Å². The van der Waals surface area contributed by atoms with E-state index in [1.165, 1.54) is 12.8 Å². The third-order valence-corrected chi connectivity index (χ3v) is 3.29. The molecule has 0 amide bonds. The quantitative estimate of drug-likeness (QED) is 0.687. The maximum Gasteiger partial charge on any atom is 0.293 e. The molecule has 1 rings (SSSR count). The summed E-state index contributed by atoms with van der Waals surface area (Å²) in [5, 5.41) is 3.35. The zero-order chi connectivity index (χ0) is 11.1. The van der Waals surface area contributed by atoms with Crippen LogP contribution in [0.3, 0.4) is 0 Å². The van der Waals surface area contributed by atoms with Crippen molar-refractivity contribution in [1.29, 1.82) is 0 Å². The number of hydrogen-bond donors (Lipinski definition) is 1. The van der Waals surface area contributed by atoms with Crippen molar-refractivity contribution in [3.05, 3.63) is 0 Å².